The van der Waals surface area contributed by atoms with Gasteiger partial charge >= 0.3 is 0 Å². The van der Waals surface area contributed by atoms with Crippen molar-refractivity contribution in [1.82, 2.24) is 14.9 Å². The lowest BCUT2D eigenvalue weighted by Gasteiger charge is -2.15. The molecular weight excluding hydrogens is 350 g/mol. The van der Waals surface area contributed by atoms with Crippen LogP contribution in [0.15, 0.2) is 48.5 Å². The zero-order valence-corrected chi connectivity index (χ0v) is 16.9. The second-order valence-corrected chi connectivity index (χ2v) is 7.30. The Bertz CT molecular complexity index is 930. The van der Waals surface area contributed by atoms with Crippen LogP contribution in [0.25, 0.3) is 11.0 Å². The summed E-state index contributed by atoms with van der Waals surface area (Å²) < 4.78 is 8.36. The summed E-state index contributed by atoms with van der Waals surface area (Å²) in [5.74, 6) is 2.42. The Morgan fingerprint density at radius 1 is 1.14 bits per heavy atom. The quantitative estimate of drug-likeness (QED) is 0.564. The highest BCUT2D eigenvalue weighted by Gasteiger charge is 2.11. The molecule has 2 aromatic carbocycles. The molecule has 0 saturated carbocycles. The highest BCUT2D eigenvalue weighted by Crippen LogP contribution is 2.26. The average Bonchev–Trinajstić information content (AvgIpc) is 3.03. The van der Waals surface area contributed by atoms with E-state index in [1.165, 1.54) is 5.56 Å². The fourth-order valence-electron chi connectivity index (χ4n) is 3.41. The number of imidazole rings is 1. The third kappa shape index (κ3) is 4.91. The maximum atomic E-state index is 11.1. The maximum absolute atomic E-state index is 11.1. The van der Waals surface area contributed by atoms with Crippen molar-refractivity contribution < 1.29 is 9.53 Å². The molecule has 3 aromatic rings. The Labute approximate surface area is 166 Å². The molecule has 0 aliphatic heterocycles. The second kappa shape index (κ2) is 9.40. The van der Waals surface area contributed by atoms with Gasteiger partial charge in [-0.15, -0.1) is 0 Å². The zero-order chi connectivity index (χ0) is 19.9. The molecule has 28 heavy (non-hydrogen) atoms. The van der Waals surface area contributed by atoms with Crippen molar-refractivity contribution in [1.29, 1.82) is 0 Å². The summed E-state index contributed by atoms with van der Waals surface area (Å²) in [6, 6.07) is 16.4. The van der Waals surface area contributed by atoms with Crippen molar-refractivity contribution in [3.8, 4) is 5.75 Å². The van der Waals surface area contributed by atoms with E-state index in [1.807, 2.05) is 30.3 Å². The Morgan fingerprint density at radius 3 is 2.68 bits per heavy atom. The molecule has 1 heterocycles. The minimum absolute atomic E-state index is 0.00530. The van der Waals surface area contributed by atoms with Crippen LogP contribution in [-0.4, -0.2) is 28.6 Å². The number of rotatable bonds is 9. The number of carbonyl (C=O) groups excluding carboxylic acids is 1. The lowest BCUT2D eigenvalue weighted by molar-refractivity contribution is -0.118. The average molecular weight is 380 g/mol. The molecule has 1 amide bonds. The Hall–Kier alpha value is -2.82. The topological polar surface area (TPSA) is 56.2 Å². The van der Waals surface area contributed by atoms with Gasteiger partial charge in [0, 0.05) is 19.9 Å². The van der Waals surface area contributed by atoms with E-state index in [9.17, 15) is 4.79 Å². The standard InChI is InChI=1S/C23H29N3O2/c1-17(2)19-9-4-7-12-22(19)28-16-15-26-21-11-6-5-10-20(21)25-23(26)13-8-14-24-18(3)27/h4-7,9-12,17H,8,13-16H2,1-3H3,(H,24,27). The van der Waals surface area contributed by atoms with Gasteiger partial charge in [0.15, 0.2) is 0 Å². The van der Waals surface area contributed by atoms with Gasteiger partial charge in [-0.2, -0.15) is 0 Å². The summed E-state index contributed by atoms with van der Waals surface area (Å²) in [6.07, 6.45) is 1.68. The molecule has 3 rings (SSSR count). The molecule has 5 heteroatoms. The third-order valence-corrected chi connectivity index (χ3v) is 4.80. The first kappa shape index (κ1) is 19.9. The molecule has 0 atom stereocenters. The van der Waals surface area contributed by atoms with E-state index in [-0.39, 0.29) is 5.91 Å². The fraction of sp³-hybridized carbons (Fsp3) is 0.391. The molecular formula is C23H29N3O2. The van der Waals surface area contributed by atoms with Crippen molar-refractivity contribution in [3.05, 3.63) is 59.9 Å². The van der Waals surface area contributed by atoms with Crippen LogP contribution in [0.3, 0.4) is 0 Å². The second-order valence-electron chi connectivity index (χ2n) is 7.30. The first-order valence-corrected chi connectivity index (χ1v) is 9.96. The number of nitrogens with zero attached hydrogens (tertiary/aromatic N) is 2. The van der Waals surface area contributed by atoms with Gasteiger partial charge < -0.3 is 14.6 Å². The highest BCUT2D eigenvalue weighted by molar-refractivity contribution is 5.76. The third-order valence-electron chi connectivity index (χ3n) is 4.80. The summed E-state index contributed by atoms with van der Waals surface area (Å²) in [5, 5.41) is 2.85. The Balaban J connectivity index is 1.71. The number of hydrogen-bond donors (Lipinski definition) is 1. The Morgan fingerprint density at radius 2 is 1.89 bits per heavy atom. The van der Waals surface area contributed by atoms with Gasteiger partial charge in [-0.25, -0.2) is 4.98 Å². The summed E-state index contributed by atoms with van der Waals surface area (Å²) in [5.41, 5.74) is 3.35. The van der Waals surface area contributed by atoms with E-state index in [1.54, 1.807) is 6.92 Å². The van der Waals surface area contributed by atoms with Crippen LogP contribution in [-0.2, 0) is 17.8 Å². The van der Waals surface area contributed by atoms with E-state index >= 15 is 0 Å². The normalized spacial score (nSPS) is 11.1. The highest BCUT2D eigenvalue weighted by atomic mass is 16.5. The van der Waals surface area contributed by atoms with Gasteiger partial charge in [0.25, 0.3) is 0 Å². The van der Waals surface area contributed by atoms with Crippen LogP contribution in [0, 0.1) is 0 Å². The van der Waals surface area contributed by atoms with Gasteiger partial charge in [0.1, 0.15) is 18.2 Å². The molecule has 0 bridgehead atoms. The monoisotopic (exact) mass is 379 g/mol. The van der Waals surface area contributed by atoms with Crippen LogP contribution >= 0.6 is 0 Å². The van der Waals surface area contributed by atoms with Gasteiger partial charge in [0.2, 0.25) is 5.91 Å². The van der Waals surface area contributed by atoms with Crippen molar-refractivity contribution in [2.75, 3.05) is 13.2 Å². The van der Waals surface area contributed by atoms with E-state index < -0.39 is 0 Å². The molecule has 0 saturated heterocycles. The number of amides is 1. The molecule has 0 aliphatic rings. The van der Waals surface area contributed by atoms with Gasteiger partial charge in [-0.1, -0.05) is 44.2 Å². The molecule has 148 valence electrons. The lowest BCUT2D eigenvalue weighted by atomic mass is 10.0. The summed E-state index contributed by atoms with van der Waals surface area (Å²) in [6.45, 7) is 7.89. The number of benzene rings is 2. The van der Waals surface area contributed by atoms with Gasteiger partial charge in [-0.05, 0) is 36.1 Å². The fourth-order valence-corrected chi connectivity index (χ4v) is 3.41. The number of fused-ring (bicyclic) bond motifs is 1. The molecule has 0 radical (unpaired) electrons. The number of hydrogen-bond acceptors (Lipinski definition) is 3. The van der Waals surface area contributed by atoms with E-state index in [4.69, 9.17) is 9.72 Å². The van der Waals surface area contributed by atoms with Crippen molar-refractivity contribution in [3.63, 3.8) is 0 Å². The number of para-hydroxylation sites is 3. The minimum Gasteiger partial charge on any atom is -0.491 e. The molecule has 0 unspecified atom stereocenters. The SMILES string of the molecule is CC(=O)NCCCc1nc2ccccc2n1CCOc1ccccc1C(C)C. The molecule has 0 spiro atoms. The number of aromatic nitrogens is 2. The number of carbonyl (C=O) groups is 1. The summed E-state index contributed by atoms with van der Waals surface area (Å²) in [4.78, 5) is 15.9. The van der Waals surface area contributed by atoms with Crippen LogP contribution in [0.1, 0.15) is 44.5 Å². The molecule has 0 aliphatic carbocycles. The molecule has 0 fully saturated rings. The van der Waals surface area contributed by atoms with Crippen LogP contribution in [0.2, 0.25) is 0 Å². The predicted molar refractivity (Wildman–Crippen MR) is 113 cm³/mol. The van der Waals surface area contributed by atoms with E-state index in [0.717, 1.165) is 42.0 Å². The number of nitrogens with one attached hydrogen (secondary N) is 1. The molecule has 1 N–H and O–H groups in total. The summed E-state index contributed by atoms with van der Waals surface area (Å²) in [7, 11) is 0. The predicted octanol–water partition coefficient (Wildman–Crippen LogP) is 4.31. The largest absolute Gasteiger partial charge is 0.491 e. The first-order valence-electron chi connectivity index (χ1n) is 9.96. The Kier molecular flexibility index (Phi) is 6.69. The smallest absolute Gasteiger partial charge is 0.216 e. The lowest BCUT2D eigenvalue weighted by Crippen LogP contribution is -2.21. The van der Waals surface area contributed by atoms with E-state index in [0.29, 0.717) is 19.1 Å². The minimum atomic E-state index is 0.00530. The van der Waals surface area contributed by atoms with E-state index in [2.05, 4.69) is 41.9 Å². The van der Waals surface area contributed by atoms with Gasteiger partial charge in [0.05, 0.1) is 17.6 Å². The maximum Gasteiger partial charge on any atom is 0.216 e. The number of aryl methyl sites for hydroxylation is 1. The number of ether oxygens (including phenoxy) is 1. The van der Waals surface area contributed by atoms with Crippen LogP contribution in [0.4, 0.5) is 0 Å². The zero-order valence-electron chi connectivity index (χ0n) is 16.9. The van der Waals surface area contributed by atoms with Crippen molar-refractivity contribution in [2.45, 2.75) is 46.1 Å². The van der Waals surface area contributed by atoms with Crippen molar-refractivity contribution >= 4 is 16.9 Å². The van der Waals surface area contributed by atoms with Gasteiger partial charge in [-0.3, -0.25) is 4.79 Å². The van der Waals surface area contributed by atoms with Crippen molar-refractivity contribution in [2.24, 2.45) is 0 Å². The molecule has 1 aromatic heterocycles. The van der Waals surface area contributed by atoms with Crippen LogP contribution < -0.4 is 10.1 Å². The first-order chi connectivity index (χ1) is 13.6. The molecule has 5 nitrogen and oxygen atoms in total. The summed E-state index contributed by atoms with van der Waals surface area (Å²) >= 11 is 0. The van der Waals surface area contributed by atoms with Crippen LogP contribution in [0.5, 0.6) is 5.75 Å².